The Morgan fingerprint density at radius 1 is 1.15 bits per heavy atom. The minimum Gasteiger partial charge on any atom is -0.491 e. The molecule has 138 valence electrons. The number of hydrogen-bond acceptors (Lipinski definition) is 5. The van der Waals surface area contributed by atoms with Crippen LogP contribution in [-0.2, 0) is 5.75 Å². The Bertz CT molecular complexity index is 816. The summed E-state index contributed by atoms with van der Waals surface area (Å²) in [5.41, 5.74) is 2.24. The van der Waals surface area contributed by atoms with Gasteiger partial charge in [0.2, 0.25) is 0 Å². The minimum absolute atomic E-state index is 0.654. The van der Waals surface area contributed by atoms with Gasteiger partial charge in [0.05, 0.1) is 15.2 Å². The molecular weight excluding hydrogens is 384 g/mol. The highest BCUT2D eigenvalue weighted by Gasteiger charge is 2.07. The molecule has 2 aromatic carbocycles. The summed E-state index contributed by atoms with van der Waals surface area (Å²) in [7, 11) is 0. The molecule has 0 saturated heterocycles. The molecule has 6 heteroatoms. The smallest absolute Gasteiger partial charge is 0.151 e. The van der Waals surface area contributed by atoms with Gasteiger partial charge in [-0.2, -0.15) is 0 Å². The molecule has 0 aliphatic carbocycles. The van der Waals surface area contributed by atoms with E-state index in [2.05, 4.69) is 41.9 Å². The molecule has 1 aromatic heterocycles. The molecule has 0 aliphatic rings. The zero-order valence-corrected chi connectivity index (χ0v) is 17.5. The van der Waals surface area contributed by atoms with Crippen LogP contribution in [0.2, 0.25) is 5.02 Å². The topological polar surface area (TPSA) is 25.4 Å². The van der Waals surface area contributed by atoms with E-state index in [0.717, 1.165) is 41.0 Å². The number of benzene rings is 2. The summed E-state index contributed by atoms with van der Waals surface area (Å²) in [6.45, 7) is 7.97. The van der Waals surface area contributed by atoms with Crippen molar-refractivity contribution >= 4 is 44.9 Å². The van der Waals surface area contributed by atoms with Gasteiger partial charge < -0.3 is 9.64 Å². The SMILES string of the molecule is CCN(CC)CCOc1ccc(CSc2nc3ccccc3s2)cc1Cl. The van der Waals surface area contributed by atoms with Crippen molar-refractivity contribution in [2.24, 2.45) is 0 Å². The summed E-state index contributed by atoms with van der Waals surface area (Å²) in [6, 6.07) is 14.3. The van der Waals surface area contributed by atoms with Crippen LogP contribution in [0, 0.1) is 0 Å². The van der Waals surface area contributed by atoms with E-state index in [9.17, 15) is 0 Å². The first-order chi connectivity index (χ1) is 12.7. The van der Waals surface area contributed by atoms with Crippen molar-refractivity contribution < 1.29 is 4.74 Å². The van der Waals surface area contributed by atoms with Crippen LogP contribution in [0.5, 0.6) is 5.75 Å². The third kappa shape index (κ3) is 5.13. The number of thiazole rings is 1. The van der Waals surface area contributed by atoms with Crippen molar-refractivity contribution in [1.82, 2.24) is 9.88 Å². The van der Waals surface area contributed by atoms with E-state index in [1.54, 1.807) is 23.1 Å². The predicted molar refractivity (Wildman–Crippen MR) is 114 cm³/mol. The Hall–Kier alpha value is -1.27. The van der Waals surface area contributed by atoms with Gasteiger partial charge in [0.15, 0.2) is 4.34 Å². The summed E-state index contributed by atoms with van der Waals surface area (Å²) in [5.74, 6) is 1.60. The zero-order chi connectivity index (χ0) is 18.4. The van der Waals surface area contributed by atoms with Crippen LogP contribution in [-0.4, -0.2) is 36.1 Å². The maximum atomic E-state index is 6.40. The van der Waals surface area contributed by atoms with E-state index in [-0.39, 0.29) is 0 Å². The van der Waals surface area contributed by atoms with E-state index in [1.165, 1.54) is 10.3 Å². The van der Waals surface area contributed by atoms with Gasteiger partial charge in [-0.25, -0.2) is 4.98 Å². The lowest BCUT2D eigenvalue weighted by Crippen LogP contribution is -2.27. The van der Waals surface area contributed by atoms with E-state index < -0.39 is 0 Å². The van der Waals surface area contributed by atoms with E-state index in [0.29, 0.717) is 11.6 Å². The monoisotopic (exact) mass is 406 g/mol. The van der Waals surface area contributed by atoms with Crippen molar-refractivity contribution in [2.45, 2.75) is 23.9 Å². The third-order valence-electron chi connectivity index (χ3n) is 4.19. The quantitative estimate of drug-likeness (QED) is 0.409. The molecule has 3 nitrogen and oxygen atoms in total. The van der Waals surface area contributed by atoms with E-state index >= 15 is 0 Å². The van der Waals surface area contributed by atoms with Crippen LogP contribution in [0.15, 0.2) is 46.8 Å². The first-order valence-electron chi connectivity index (χ1n) is 8.81. The molecular formula is C20H23ClN2OS2. The summed E-state index contributed by atoms with van der Waals surface area (Å²) >= 11 is 9.87. The van der Waals surface area contributed by atoms with Crippen molar-refractivity contribution in [3.63, 3.8) is 0 Å². The van der Waals surface area contributed by atoms with Gasteiger partial charge in [-0.05, 0) is 42.9 Å². The van der Waals surface area contributed by atoms with Gasteiger partial charge in [0, 0.05) is 12.3 Å². The highest BCUT2D eigenvalue weighted by atomic mass is 35.5. The second-order valence-electron chi connectivity index (χ2n) is 5.88. The van der Waals surface area contributed by atoms with Gasteiger partial charge in [-0.15, -0.1) is 11.3 Å². The molecule has 0 unspecified atom stereocenters. The summed E-state index contributed by atoms with van der Waals surface area (Å²) in [5, 5.41) is 0.673. The van der Waals surface area contributed by atoms with Crippen molar-refractivity contribution in [3.05, 3.63) is 53.1 Å². The van der Waals surface area contributed by atoms with Gasteiger partial charge in [0.1, 0.15) is 12.4 Å². The van der Waals surface area contributed by atoms with Crippen molar-refractivity contribution in [1.29, 1.82) is 0 Å². The number of halogens is 1. The number of aromatic nitrogens is 1. The lowest BCUT2D eigenvalue weighted by Gasteiger charge is -2.18. The van der Waals surface area contributed by atoms with Crippen LogP contribution < -0.4 is 4.74 Å². The third-order valence-corrected chi connectivity index (χ3v) is 6.74. The average molecular weight is 407 g/mol. The maximum absolute atomic E-state index is 6.40. The number of ether oxygens (including phenoxy) is 1. The molecule has 0 fully saturated rings. The Kier molecular flexibility index (Phi) is 7.20. The number of thioether (sulfide) groups is 1. The lowest BCUT2D eigenvalue weighted by molar-refractivity contribution is 0.223. The highest BCUT2D eigenvalue weighted by molar-refractivity contribution is 8.00. The Labute approximate surface area is 168 Å². The molecule has 0 N–H and O–H groups in total. The second-order valence-corrected chi connectivity index (χ2v) is 8.54. The minimum atomic E-state index is 0.654. The fourth-order valence-corrected chi connectivity index (χ4v) is 4.90. The van der Waals surface area contributed by atoms with Crippen LogP contribution >= 0.6 is 34.7 Å². The first-order valence-corrected chi connectivity index (χ1v) is 11.0. The fourth-order valence-electron chi connectivity index (χ4n) is 2.63. The largest absolute Gasteiger partial charge is 0.491 e. The average Bonchev–Trinajstić information content (AvgIpc) is 3.08. The van der Waals surface area contributed by atoms with Gasteiger partial charge in [-0.3, -0.25) is 0 Å². The second kappa shape index (κ2) is 9.60. The fraction of sp³-hybridized carbons (Fsp3) is 0.350. The molecule has 3 aromatic rings. The van der Waals surface area contributed by atoms with Crippen LogP contribution in [0.25, 0.3) is 10.2 Å². The van der Waals surface area contributed by atoms with Gasteiger partial charge in [-0.1, -0.05) is 55.4 Å². The standard InChI is InChI=1S/C20H23ClN2OS2/c1-3-23(4-2)11-12-24-18-10-9-15(13-16(18)21)14-25-20-22-17-7-5-6-8-19(17)26-20/h5-10,13H,3-4,11-12,14H2,1-2H3. The number of para-hydroxylation sites is 1. The molecule has 0 spiro atoms. The first kappa shape index (κ1) is 19.5. The molecule has 0 radical (unpaired) electrons. The summed E-state index contributed by atoms with van der Waals surface area (Å²) in [6.07, 6.45) is 0. The number of hydrogen-bond donors (Lipinski definition) is 0. The summed E-state index contributed by atoms with van der Waals surface area (Å²) < 4.78 is 8.15. The molecule has 3 rings (SSSR count). The normalized spacial score (nSPS) is 11.4. The zero-order valence-electron chi connectivity index (χ0n) is 15.1. The van der Waals surface area contributed by atoms with Gasteiger partial charge >= 0.3 is 0 Å². The molecule has 0 aliphatic heterocycles. The Morgan fingerprint density at radius 3 is 2.69 bits per heavy atom. The molecule has 1 heterocycles. The maximum Gasteiger partial charge on any atom is 0.151 e. The summed E-state index contributed by atoms with van der Waals surface area (Å²) in [4.78, 5) is 6.99. The molecule has 0 atom stereocenters. The predicted octanol–water partition coefficient (Wildman–Crippen LogP) is 5.96. The van der Waals surface area contributed by atoms with Gasteiger partial charge in [0.25, 0.3) is 0 Å². The number of fused-ring (bicyclic) bond motifs is 1. The number of nitrogens with zero attached hydrogens (tertiary/aromatic N) is 2. The molecule has 0 amide bonds. The van der Waals surface area contributed by atoms with Crippen molar-refractivity contribution in [3.8, 4) is 5.75 Å². The van der Waals surface area contributed by atoms with E-state index in [1.807, 2.05) is 24.3 Å². The van der Waals surface area contributed by atoms with Crippen molar-refractivity contribution in [2.75, 3.05) is 26.2 Å². The highest BCUT2D eigenvalue weighted by Crippen LogP contribution is 2.33. The number of likely N-dealkylation sites (N-methyl/N-ethyl adjacent to an activating group) is 1. The van der Waals surface area contributed by atoms with Crippen LogP contribution in [0.4, 0.5) is 0 Å². The number of rotatable bonds is 9. The lowest BCUT2D eigenvalue weighted by atomic mass is 10.2. The molecule has 26 heavy (non-hydrogen) atoms. The van der Waals surface area contributed by atoms with Crippen LogP contribution in [0.3, 0.4) is 0 Å². The van der Waals surface area contributed by atoms with E-state index in [4.69, 9.17) is 16.3 Å². The molecule has 0 bridgehead atoms. The Morgan fingerprint density at radius 2 is 1.96 bits per heavy atom. The van der Waals surface area contributed by atoms with Crippen LogP contribution in [0.1, 0.15) is 19.4 Å². The molecule has 0 saturated carbocycles. The Balaban J connectivity index is 1.55.